The van der Waals surface area contributed by atoms with E-state index in [2.05, 4.69) is 0 Å². The van der Waals surface area contributed by atoms with Crippen LogP contribution in [-0.2, 0) is 34.8 Å². The Balaban J connectivity index is 1.52. The Morgan fingerprint density at radius 1 is 1.21 bits per heavy atom. The maximum Gasteiger partial charge on any atom is 0.411 e. The normalized spacial score (nSPS) is 20.1. The molecular weight excluding hydrogens is 396 g/mol. The van der Waals surface area contributed by atoms with Crippen LogP contribution < -0.4 is 0 Å². The highest BCUT2D eigenvalue weighted by Gasteiger charge is 2.58. The lowest BCUT2D eigenvalue weighted by Gasteiger charge is -2.21. The highest BCUT2D eigenvalue weighted by molar-refractivity contribution is 8.03. The smallest absolute Gasteiger partial charge is 0.411 e. The van der Waals surface area contributed by atoms with Crippen LogP contribution >= 0.6 is 11.8 Å². The molecule has 2 aliphatic heterocycles. The Morgan fingerprint density at radius 3 is 2.66 bits per heavy atom. The number of rotatable bonds is 3. The number of carbonyl (C=O) groups is 2. The molecule has 154 valence electrons. The molecule has 1 spiro atoms. The Kier molecular flexibility index (Phi) is 4.96. The van der Waals surface area contributed by atoms with Crippen LogP contribution in [0.5, 0.6) is 0 Å². The van der Waals surface area contributed by atoms with Gasteiger partial charge >= 0.3 is 17.9 Å². The number of esters is 2. The standard InChI is InChI=1S/C21H22O7S/c1-12(25-19(23)20(2,3)4)24-18(22)13-9-10-16-14(11-13)21(27-28-21)26-15-7-5-6-8-17(15)29-16/h5,7,9-12H,6,8H2,1-4H3. The van der Waals surface area contributed by atoms with Gasteiger partial charge in [0, 0.05) is 16.7 Å². The van der Waals surface area contributed by atoms with E-state index in [-0.39, 0.29) is 5.56 Å². The zero-order valence-corrected chi connectivity index (χ0v) is 17.5. The molecule has 0 aromatic heterocycles. The molecule has 0 saturated carbocycles. The first-order valence-corrected chi connectivity index (χ1v) is 10.2. The number of allylic oxidation sites excluding steroid dienone is 3. The van der Waals surface area contributed by atoms with E-state index in [4.69, 9.17) is 24.0 Å². The molecule has 1 aliphatic carbocycles. The van der Waals surface area contributed by atoms with Gasteiger partial charge in [-0.25, -0.2) is 4.79 Å². The maximum absolute atomic E-state index is 12.6. The van der Waals surface area contributed by atoms with Crippen LogP contribution in [0.25, 0.3) is 0 Å². The molecule has 0 bridgehead atoms. The van der Waals surface area contributed by atoms with E-state index in [9.17, 15) is 9.59 Å². The molecule has 0 amide bonds. The van der Waals surface area contributed by atoms with Crippen LogP contribution in [0.2, 0.25) is 0 Å². The number of benzene rings is 1. The quantitative estimate of drug-likeness (QED) is 0.306. The SMILES string of the molecule is CC(OC(=O)c1ccc2c(c1)C1(OO1)OC1=C(CCC=C1)S2)OC(=O)C(C)(C)C. The van der Waals surface area contributed by atoms with E-state index < -0.39 is 29.6 Å². The van der Waals surface area contributed by atoms with Gasteiger partial charge in [0.15, 0.2) is 0 Å². The second-order valence-corrected chi connectivity index (χ2v) is 9.13. The molecule has 1 unspecified atom stereocenters. The van der Waals surface area contributed by atoms with Gasteiger partial charge < -0.3 is 14.2 Å². The van der Waals surface area contributed by atoms with Crippen molar-refractivity contribution in [1.29, 1.82) is 0 Å². The van der Waals surface area contributed by atoms with Crippen molar-refractivity contribution in [3.8, 4) is 0 Å². The molecule has 2 heterocycles. The number of hydrogen-bond donors (Lipinski definition) is 0. The third-order valence-corrected chi connectivity index (χ3v) is 5.73. The first kappa shape index (κ1) is 20.0. The van der Waals surface area contributed by atoms with E-state index in [1.807, 2.05) is 18.2 Å². The Bertz CT molecular complexity index is 921. The average Bonchev–Trinajstić information content (AvgIpc) is 3.44. The number of ether oxygens (including phenoxy) is 3. The highest BCUT2D eigenvalue weighted by atomic mass is 32.2. The summed E-state index contributed by atoms with van der Waals surface area (Å²) in [5.74, 6) is -1.71. The number of carbonyl (C=O) groups excluding carboxylic acids is 2. The average molecular weight is 418 g/mol. The molecule has 7 nitrogen and oxygen atoms in total. The van der Waals surface area contributed by atoms with Crippen molar-refractivity contribution in [3.63, 3.8) is 0 Å². The van der Waals surface area contributed by atoms with Crippen LogP contribution in [0.4, 0.5) is 0 Å². The van der Waals surface area contributed by atoms with Gasteiger partial charge in [0.25, 0.3) is 0 Å². The van der Waals surface area contributed by atoms with Crippen molar-refractivity contribution in [2.24, 2.45) is 5.41 Å². The van der Waals surface area contributed by atoms with E-state index in [0.29, 0.717) is 11.3 Å². The molecule has 3 aliphatic rings. The van der Waals surface area contributed by atoms with Crippen LogP contribution in [-0.4, -0.2) is 18.2 Å². The zero-order valence-electron chi connectivity index (χ0n) is 16.6. The predicted molar refractivity (Wildman–Crippen MR) is 103 cm³/mol. The topological polar surface area (TPSA) is 86.9 Å². The molecule has 0 N–H and O–H groups in total. The number of fused-ring (bicyclic) bond motifs is 2. The fourth-order valence-electron chi connectivity index (χ4n) is 2.86. The Hall–Kier alpha value is -2.29. The third kappa shape index (κ3) is 4.05. The number of thioether (sulfide) groups is 1. The fourth-order valence-corrected chi connectivity index (χ4v) is 3.99. The summed E-state index contributed by atoms with van der Waals surface area (Å²) in [5.41, 5.74) is 0.187. The van der Waals surface area contributed by atoms with E-state index in [1.54, 1.807) is 44.7 Å². The van der Waals surface area contributed by atoms with Crippen LogP contribution in [0, 0.1) is 5.41 Å². The van der Waals surface area contributed by atoms with Crippen LogP contribution in [0.15, 0.2) is 45.9 Å². The summed E-state index contributed by atoms with van der Waals surface area (Å²) >= 11 is 1.57. The van der Waals surface area contributed by atoms with Crippen molar-refractivity contribution >= 4 is 23.7 Å². The van der Waals surface area contributed by atoms with Crippen molar-refractivity contribution in [3.05, 3.63) is 52.1 Å². The van der Waals surface area contributed by atoms with Crippen LogP contribution in [0.1, 0.15) is 56.5 Å². The van der Waals surface area contributed by atoms with Gasteiger partial charge in [-0.2, -0.15) is 0 Å². The van der Waals surface area contributed by atoms with Crippen LogP contribution in [0.3, 0.4) is 0 Å². The second-order valence-electron chi connectivity index (χ2n) is 7.99. The van der Waals surface area contributed by atoms with E-state index >= 15 is 0 Å². The second kappa shape index (κ2) is 7.19. The number of hydrogen-bond acceptors (Lipinski definition) is 8. The fraction of sp³-hybridized carbons (Fsp3) is 0.429. The molecule has 8 heteroatoms. The lowest BCUT2D eigenvalue weighted by Crippen LogP contribution is -2.29. The molecule has 4 rings (SSSR count). The molecule has 1 aromatic rings. The Labute approximate surface area is 172 Å². The minimum absolute atomic E-state index is 0.278. The van der Waals surface area contributed by atoms with Crippen molar-refractivity contribution in [1.82, 2.24) is 0 Å². The molecule has 1 atom stereocenters. The molecule has 29 heavy (non-hydrogen) atoms. The molecule has 0 radical (unpaired) electrons. The van der Waals surface area contributed by atoms with Gasteiger partial charge in [-0.3, -0.25) is 4.79 Å². The summed E-state index contributed by atoms with van der Waals surface area (Å²) in [5, 5.41) is 0. The van der Waals surface area contributed by atoms with Crippen molar-refractivity contribution in [2.45, 2.75) is 57.7 Å². The van der Waals surface area contributed by atoms with E-state index in [1.165, 1.54) is 6.92 Å². The summed E-state index contributed by atoms with van der Waals surface area (Å²) < 4.78 is 16.4. The van der Waals surface area contributed by atoms with E-state index in [0.717, 1.165) is 22.6 Å². The lowest BCUT2D eigenvalue weighted by atomic mass is 9.97. The van der Waals surface area contributed by atoms with Gasteiger partial charge in [-0.1, -0.05) is 17.8 Å². The molecule has 1 fully saturated rings. The lowest BCUT2D eigenvalue weighted by molar-refractivity contribution is -0.174. The van der Waals surface area contributed by atoms with Gasteiger partial charge in [0.2, 0.25) is 6.29 Å². The summed E-state index contributed by atoms with van der Waals surface area (Å²) in [7, 11) is 0. The molecule has 1 aromatic carbocycles. The van der Waals surface area contributed by atoms with Gasteiger partial charge in [-0.15, -0.1) is 9.78 Å². The van der Waals surface area contributed by atoms with Gasteiger partial charge in [0.1, 0.15) is 5.76 Å². The summed E-state index contributed by atoms with van der Waals surface area (Å²) in [6.07, 6.45) is 4.74. The first-order chi connectivity index (χ1) is 13.7. The minimum atomic E-state index is -1.35. The summed E-state index contributed by atoms with van der Waals surface area (Å²) in [4.78, 5) is 36.9. The van der Waals surface area contributed by atoms with Gasteiger partial charge in [-0.05, 0) is 57.9 Å². The molecular formula is C21H22O7S. The summed E-state index contributed by atoms with van der Waals surface area (Å²) in [6.45, 7) is 6.69. The highest BCUT2D eigenvalue weighted by Crippen LogP contribution is 2.53. The minimum Gasteiger partial charge on any atom is -0.431 e. The monoisotopic (exact) mass is 418 g/mol. The maximum atomic E-state index is 12.6. The molecule has 1 saturated heterocycles. The summed E-state index contributed by atoms with van der Waals surface area (Å²) in [6, 6.07) is 5.09. The van der Waals surface area contributed by atoms with Gasteiger partial charge in [0.05, 0.1) is 16.5 Å². The predicted octanol–water partition coefficient (Wildman–Crippen LogP) is 4.53. The third-order valence-electron chi connectivity index (χ3n) is 4.50. The van der Waals surface area contributed by atoms with Crippen molar-refractivity contribution < 1.29 is 33.6 Å². The largest absolute Gasteiger partial charge is 0.431 e. The Morgan fingerprint density at radius 2 is 1.97 bits per heavy atom. The zero-order chi connectivity index (χ0) is 20.8. The van der Waals surface area contributed by atoms with Crippen molar-refractivity contribution in [2.75, 3.05) is 0 Å². The first-order valence-electron chi connectivity index (χ1n) is 9.38.